The van der Waals surface area contributed by atoms with Gasteiger partial charge in [-0.3, -0.25) is 9.59 Å². The Morgan fingerprint density at radius 1 is 0.842 bits per heavy atom. The maximum Gasteiger partial charge on any atom is 0.276 e. The Balaban J connectivity index is 1.39. The summed E-state index contributed by atoms with van der Waals surface area (Å²) in [7, 11) is 0. The van der Waals surface area contributed by atoms with Crippen LogP contribution in [0.5, 0.6) is 0 Å². The number of anilines is 2. The normalized spacial score (nSPS) is 13.6. The first-order valence-electron chi connectivity index (χ1n) is 13.0. The van der Waals surface area contributed by atoms with Crippen LogP contribution in [0, 0.1) is 5.92 Å². The van der Waals surface area contributed by atoms with E-state index in [2.05, 4.69) is 27.3 Å². The van der Waals surface area contributed by atoms with Gasteiger partial charge in [-0.1, -0.05) is 50.2 Å². The van der Waals surface area contributed by atoms with Gasteiger partial charge in [-0.05, 0) is 54.4 Å². The number of aromatic nitrogens is 1. The summed E-state index contributed by atoms with van der Waals surface area (Å²) in [6, 6.07) is 27.2. The summed E-state index contributed by atoms with van der Waals surface area (Å²) in [6.45, 7) is 6.72. The van der Waals surface area contributed by atoms with E-state index in [-0.39, 0.29) is 17.7 Å². The highest BCUT2D eigenvalue weighted by Gasteiger charge is 2.29. The number of benzene rings is 3. The third kappa shape index (κ3) is 5.78. The molecule has 3 aromatic carbocycles. The molecule has 0 bridgehead atoms. The molecule has 2 heterocycles. The second-order valence-corrected chi connectivity index (χ2v) is 9.90. The van der Waals surface area contributed by atoms with E-state index in [0.717, 1.165) is 29.9 Å². The molecule has 0 spiro atoms. The van der Waals surface area contributed by atoms with Crippen molar-refractivity contribution in [3.05, 3.63) is 90.6 Å². The Kier molecular flexibility index (Phi) is 7.54. The van der Waals surface area contributed by atoms with Crippen molar-refractivity contribution < 1.29 is 14.0 Å². The van der Waals surface area contributed by atoms with Crippen LogP contribution in [0.15, 0.2) is 89.3 Å². The maximum absolute atomic E-state index is 13.7. The second kappa shape index (κ2) is 11.3. The lowest BCUT2D eigenvalue weighted by Crippen LogP contribution is -2.49. The zero-order valence-electron chi connectivity index (χ0n) is 21.8. The van der Waals surface area contributed by atoms with E-state index in [0.29, 0.717) is 42.5 Å². The molecule has 194 valence electrons. The molecule has 1 saturated heterocycles. The van der Waals surface area contributed by atoms with Crippen LogP contribution in [0.2, 0.25) is 0 Å². The van der Waals surface area contributed by atoms with Gasteiger partial charge in [-0.15, -0.1) is 0 Å². The number of carbonyl (C=O) groups is 2. The molecule has 1 aliphatic heterocycles. The van der Waals surface area contributed by atoms with Crippen molar-refractivity contribution in [1.29, 1.82) is 0 Å². The van der Waals surface area contributed by atoms with Gasteiger partial charge in [0, 0.05) is 55.1 Å². The molecule has 0 unspecified atom stereocenters. The van der Waals surface area contributed by atoms with Crippen LogP contribution in [-0.4, -0.2) is 47.9 Å². The van der Waals surface area contributed by atoms with Crippen molar-refractivity contribution in [2.75, 3.05) is 36.4 Å². The largest absolute Gasteiger partial charge is 0.435 e. The molecule has 1 aliphatic rings. The predicted molar refractivity (Wildman–Crippen MR) is 150 cm³/mol. The zero-order valence-corrected chi connectivity index (χ0v) is 21.8. The molecule has 1 aromatic heterocycles. The van der Waals surface area contributed by atoms with Gasteiger partial charge in [0.15, 0.2) is 11.5 Å². The van der Waals surface area contributed by atoms with Crippen molar-refractivity contribution in [2.24, 2.45) is 5.92 Å². The Bertz CT molecular complexity index is 1370. The number of rotatable bonds is 7. The molecule has 1 N–H and O–H groups in total. The summed E-state index contributed by atoms with van der Waals surface area (Å²) < 4.78 is 6.21. The third-order valence-corrected chi connectivity index (χ3v) is 6.56. The number of para-hydroxylation sites is 1. The molecule has 0 aliphatic carbocycles. The Morgan fingerprint density at radius 2 is 1.47 bits per heavy atom. The van der Waals surface area contributed by atoms with Crippen molar-refractivity contribution >= 4 is 23.2 Å². The molecule has 5 rings (SSSR count). The molecule has 0 saturated carbocycles. The van der Waals surface area contributed by atoms with Crippen molar-refractivity contribution in [1.82, 2.24) is 9.88 Å². The van der Waals surface area contributed by atoms with Crippen LogP contribution in [0.1, 0.15) is 30.8 Å². The highest BCUT2D eigenvalue weighted by atomic mass is 16.4. The van der Waals surface area contributed by atoms with Crippen molar-refractivity contribution in [3.63, 3.8) is 0 Å². The summed E-state index contributed by atoms with van der Waals surface area (Å²) in [4.78, 5) is 34.7. The first-order chi connectivity index (χ1) is 18.5. The maximum atomic E-state index is 13.7. The van der Waals surface area contributed by atoms with Gasteiger partial charge in [0.05, 0.1) is 0 Å². The summed E-state index contributed by atoms with van der Waals surface area (Å²) in [5, 5.41) is 2.92. The zero-order chi connectivity index (χ0) is 26.5. The van der Waals surface area contributed by atoms with E-state index in [1.54, 1.807) is 0 Å². The number of hydrogen-bond acceptors (Lipinski definition) is 5. The van der Waals surface area contributed by atoms with Gasteiger partial charge in [-0.25, -0.2) is 4.98 Å². The highest BCUT2D eigenvalue weighted by molar-refractivity contribution is 5.99. The fraction of sp³-hybridized carbons (Fsp3) is 0.258. The molecule has 7 heteroatoms. The molecule has 2 amide bonds. The molecule has 0 atom stereocenters. The van der Waals surface area contributed by atoms with Gasteiger partial charge in [0.2, 0.25) is 11.8 Å². The number of piperazine rings is 1. The quantitative estimate of drug-likeness (QED) is 0.333. The van der Waals surface area contributed by atoms with Crippen LogP contribution in [-0.2, 0) is 4.79 Å². The molecular weight excluding hydrogens is 476 g/mol. The monoisotopic (exact) mass is 508 g/mol. The summed E-state index contributed by atoms with van der Waals surface area (Å²) in [5.74, 6) is 0.945. The van der Waals surface area contributed by atoms with Crippen LogP contribution in [0.25, 0.3) is 22.8 Å². The fourth-order valence-corrected chi connectivity index (χ4v) is 4.61. The molecule has 1 fully saturated rings. The Morgan fingerprint density at radius 3 is 2.11 bits per heavy atom. The summed E-state index contributed by atoms with van der Waals surface area (Å²) in [5.41, 5.74) is 3.70. The smallest absolute Gasteiger partial charge is 0.276 e. The predicted octanol–water partition coefficient (Wildman–Crippen LogP) is 5.96. The van der Waals surface area contributed by atoms with Crippen LogP contribution < -0.4 is 10.2 Å². The lowest BCUT2D eigenvalue weighted by molar-refractivity contribution is -0.116. The number of carbonyl (C=O) groups excluding carboxylic acids is 2. The second-order valence-electron chi connectivity index (χ2n) is 9.90. The van der Waals surface area contributed by atoms with Gasteiger partial charge in [-0.2, -0.15) is 0 Å². The number of hydrogen-bond donors (Lipinski definition) is 1. The number of amides is 2. The standard InChI is InChI=1S/C31H32N4O3/c1-22(2)21-27(36)32-25-15-13-23(14-16-25)29-28(33-30(38-29)24-9-5-3-6-10-24)31(37)35-19-17-34(18-20-35)26-11-7-4-8-12-26/h3-16,22H,17-21H2,1-2H3,(H,32,36). The molecule has 0 radical (unpaired) electrons. The van der Waals surface area contributed by atoms with Gasteiger partial charge in [0.1, 0.15) is 0 Å². The fourth-order valence-electron chi connectivity index (χ4n) is 4.61. The van der Waals surface area contributed by atoms with E-state index in [9.17, 15) is 9.59 Å². The minimum absolute atomic E-state index is 0.0238. The van der Waals surface area contributed by atoms with Crippen molar-refractivity contribution in [3.8, 4) is 22.8 Å². The van der Waals surface area contributed by atoms with E-state index in [1.807, 2.05) is 91.5 Å². The van der Waals surface area contributed by atoms with Crippen molar-refractivity contribution in [2.45, 2.75) is 20.3 Å². The molecular formula is C31H32N4O3. The molecule has 4 aromatic rings. The minimum Gasteiger partial charge on any atom is -0.435 e. The Hall–Kier alpha value is -4.39. The highest BCUT2D eigenvalue weighted by Crippen LogP contribution is 2.32. The summed E-state index contributed by atoms with van der Waals surface area (Å²) >= 11 is 0. The van der Waals surface area contributed by atoms with Crippen LogP contribution in [0.4, 0.5) is 11.4 Å². The molecule has 38 heavy (non-hydrogen) atoms. The first kappa shape index (κ1) is 25.3. The number of nitrogens with one attached hydrogen (secondary N) is 1. The van der Waals surface area contributed by atoms with E-state index >= 15 is 0 Å². The van der Waals surface area contributed by atoms with Crippen LogP contribution >= 0.6 is 0 Å². The molecule has 7 nitrogen and oxygen atoms in total. The lowest BCUT2D eigenvalue weighted by atomic mass is 10.1. The van der Waals surface area contributed by atoms with Gasteiger partial charge in [0.25, 0.3) is 5.91 Å². The lowest BCUT2D eigenvalue weighted by Gasteiger charge is -2.35. The Labute approximate surface area is 223 Å². The first-order valence-corrected chi connectivity index (χ1v) is 13.0. The summed E-state index contributed by atoms with van der Waals surface area (Å²) in [6.07, 6.45) is 0.459. The minimum atomic E-state index is -0.145. The van der Waals surface area contributed by atoms with Gasteiger partial charge >= 0.3 is 0 Å². The number of oxazole rings is 1. The van der Waals surface area contributed by atoms with E-state index in [1.165, 1.54) is 0 Å². The van der Waals surface area contributed by atoms with E-state index < -0.39 is 0 Å². The SMILES string of the molecule is CC(C)CC(=O)Nc1ccc(-c2oc(-c3ccccc3)nc2C(=O)N2CCN(c3ccccc3)CC2)cc1. The third-order valence-electron chi connectivity index (χ3n) is 6.56. The topological polar surface area (TPSA) is 78.7 Å². The number of nitrogens with zero attached hydrogens (tertiary/aromatic N) is 3. The average molecular weight is 509 g/mol. The van der Waals surface area contributed by atoms with Gasteiger partial charge < -0.3 is 19.5 Å². The van der Waals surface area contributed by atoms with E-state index in [4.69, 9.17) is 4.42 Å². The van der Waals surface area contributed by atoms with Crippen LogP contribution in [0.3, 0.4) is 0 Å². The average Bonchev–Trinajstić information content (AvgIpc) is 3.39.